The predicted molar refractivity (Wildman–Crippen MR) is 124 cm³/mol. The summed E-state index contributed by atoms with van der Waals surface area (Å²) in [5, 5.41) is 2.06. The van der Waals surface area contributed by atoms with Crippen molar-refractivity contribution in [3.05, 3.63) is 63.6 Å². The summed E-state index contributed by atoms with van der Waals surface area (Å²) in [7, 11) is 0. The summed E-state index contributed by atoms with van der Waals surface area (Å²) in [5.74, 6) is 0.476. The lowest BCUT2D eigenvalue weighted by molar-refractivity contribution is -0.133. The molecule has 0 saturated carbocycles. The fourth-order valence-electron chi connectivity index (χ4n) is 3.16. The van der Waals surface area contributed by atoms with Crippen molar-refractivity contribution in [1.29, 1.82) is 0 Å². The minimum atomic E-state index is -0.398. The van der Waals surface area contributed by atoms with Gasteiger partial charge in [0.1, 0.15) is 0 Å². The maximum absolute atomic E-state index is 12.3. The standard InChI is InChI=1S/C16H23Cl2N3O.C6H5Cl/c1-11(2)9-14(19)16(22)21-7-5-20(6-8-21)15-4-3-12(17)10-13(15)18;7-6-4-2-1-3-5-6/h3-4,10-11,14H,5-9,19H2,1-2H3;1-5H. The minimum absolute atomic E-state index is 0.0514. The topological polar surface area (TPSA) is 49.6 Å². The van der Waals surface area contributed by atoms with E-state index in [1.54, 1.807) is 6.07 Å². The maximum atomic E-state index is 12.3. The number of hydrogen-bond acceptors (Lipinski definition) is 3. The van der Waals surface area contributed by atoms with Gasteiger partial charge in [-0.1, -0.05) is 66.8 Å². The number of carbonyl (C=O) groups excluding carboxylic acids is 1. The van der Waals surface area contributed by atoms with E-state index < -0.39 is 6.04 Å². The van der Waals surface area contributed by atoms with Gasteiger partial charge in [0.25, 0.3) is 0 Å². The first-order chi connectivity index (χ1) is 13.8. The number of piperazine rings is 1. The first kappa shape index (κ1) is 23.8. The number of anilines is 1. The van der Waals surface area contributed by atoms with Crippen LogP contribution in [0.4, 0.5) is 5.69 Å². The summed E-state index contributed by atoms with van der Waals surface area (Å²) in [6.07, 6.45) is 0.724. The molecule has 4 nitrogen and oxygen atoms in total. The average Bonchev–Trinajstić information content (AvgIpc) is 2.68. The molecule has 1 amide bonds. The molecule has 1 heterocycles. The highest BCUT2D eigenvalue weighted by atomic mass is 35.5. The Kier molecular flexibility index (Phi) is 9.57. The van der Waals surface area contributed by atoms with E-state index in [0.29, 0.717) is 29.1 Å². The van der Waals surface area contributed by atoms with Gasteiger partial charge in [-0.15, -0.1) is 0 Å². The molecule has 0 spiro atoms. The first-order valence-corrected chi connectivity index (χ1v) is 10.9. The van der Waals surface area contributed by atoms with Crippen LogP contribution in [0.3, 0.4) is 0 Å². The highest BCUT2D eigenvalue weighted by Gasteiger charge is 2.26. The molecular formula is C22H28Cl3N3O. The smallest absolute Gasteiger partial charge is 0.239 e. The summed E-state index contributed by atoms with van der Waals surface area (Å²) < 4.78 is 0. The van der Waals surface area contributed by atoms with Gasteiger partial charge in [0.2, 0.25) is 5.91 Å². The quantitative estimate of drug-likeness (QED) is 0.674. The lowest BCUT2D eigenvalue weighted by Crippen LogP contribution is -2.53. The molecular weight excluding hydrogens is 429 g/mol. The van der Waals surface area contributed by atoms with E-state index in [9.17, 15) is 4.79 Å². The van der Waals surface area contributed by atoms with Gasteiger partial charge in [0.05, 0.1) is 16.8 Å². The third kappa shape index (κ3) is 7.71. The molecule has 2 aromatic carbocycles. The van der Waals surface area contributed by atoms with Gasteiger partial charge >= 0.3 is 0 Å². The van der Waals surface area contributed by atoms with Crippen LogP contribution in [-0.2, 0) is 4.79 Å². The summed E-state index contributed by atoms with van der Waals surface area (Å²) in [6, 6.07) is 14.5. The molecule has 1 unspecified atom stereocenters. The van der Waals surface area contributed by atoms with Crippen molar-refractivity contribution in [2.75, 3.05) is 31.1 Å². The third-order valence-corrected chi connectivity index (χ3v) is 5.41. The fourth-order valence-corrected chi connectivity index (χ4v) is 3.84. The summed E-state index contributed by atoms with van der Waals surface area (Å²) >= 11 is 17.7. The molecule has 7 heteroatoms. The number of nitrogens with zero attached hydrogens (tertiary/aromatic N) is 2. The zero-order valence-electron chi connectivity index (χ0n) is 16.8. The number of rotatable bonds is 4. The second kappa shape index (κ2) is 11.7. The molecule has 3 rings (SSSR count). The van der Waals surface area contributed by atoms with E-state index in [2.05, 4.69) is 18.7 Å². The molecule has 158 valence electrons. The molecule has 1 saturated heterocycles. The van der Waals surface area contributed by atoms with Crippen LogP contribution in [-0.4, -0.2) is 43.0 Å². The van der Waals surface area contributed by atoms with Crippen molar-refractivity contribution in [2.45, 2.75) is 26.3 Å². The van der Waals surface area contributed by atoms with Gasteiger partial charge in [-0.25, -0.2) is 0 Å². The second-order valence-corrected chi connectivity index (χ2v) is 8.72. The number of benzene rings is 2. The average molecular weight is 457 g/mol. The number of nitrogens with two attached hydrogens (primary N) is 1. The Balaban J connectivity index is 0.000000360. The Labute approximate surface area is 188 Å². The van der Waals surface area contributed by atoms with Gasteiger partial charge in [0.15, 0.2) is 0 Å². The van der Waals surface area contributed by atoms with Crippen molar-refractivity contribution in [3.63, 3.8) is 0 Å². The third-order valence-electron chi connectivity index (χ3n) is 4.62. The minimum Gasteiger partial charge on any atom is -0.367 e. The van der Waals surface area contributed by atoms with Crippen molar-refractivity contribution >= 4 is 46.4 Å². The second-order valence-electron chi connectivity index (χ2n) is 7.44. The monoisotopic (exact) mass is 455 g/mol. The summed E-state index contributed by atoms with van der Waals surface area (Å²) in [5.41, 5.74) is 6.96. The predicted octanol–water partition coefficient (Wildman–Crippen LogP) is 5.36. The van der Waals surface area contributed by atoms with E-state index in [1.807, 2.05) is 47.4 Å². The maximum Gasteiger partial charge on any atom is 0.239 e. The molecule has 2 aromatic rings. The van der Waals surface area contributed by atoms with Crippen molar-refractivity contribution in [1.82, 2.24) is 4.90 Å². The van der Waals surface area contributed by atoms with Gasteiger partial charge < -0.3 is 15.5 Å². The van der Waals surface area contributed by atoms with Crippen LogP contribution in [0.5, 0.6) is 0 Å². The SMILES string of the molecule is CC(C)CC(N)C(=O)N1CCN(c2ccc(Cl)cc2Cl)CC1.Clc1ccccc1. The first-order valence-electron chi connectivity index (χ1n) is 9.73. The van der Waals surface area contributed by atoms with Gasteiger partial charge in [-0.05, 0) is 42.7 Å². The Morgan fingerprint density at radius 1 is 0.966 bits per heavy atom. The Bertz CT molecular complexity index is 778. The highest BCUT2D eigenvalue weighted by Crippen LogP contribution is 2.29. The molecule has 0 radical (unpaired) electrons. The molecule has 1 aliphatic heterocycles. The molecule has 2 N–H and O–H groups in total. The van der Waals surface area contributed by atoms with Crippen LogP contribution in [0.1, 0.15) is 20.3 Å². The molecule has 29 heavy (non-hydrogen) atoms. The number of carbonyl (C=O) groups is 1. The van der Waals surface area contributed by atoms with Crippen molar-refractivity contribution in [2.24, 2.45) is 11.7 Å². The summed E-state index contributed by atoms with van der Waals surface area (Å²) in [4.78, 5) is 16.4. The van der Waals surface area contributed by atoms with Crippen molar-refractivity contribution < 1.29 is 4.79 Å². The van der Waals surface area contributed by atoms with Gasteiger partial charge in [-0.2, -0.15) is 0 Å². The molecule has 1 atom stereocenters. The van der Waals surface area contributed by atoms with Crippen LogP contribution in [0.15, 0.2) is 48.5 Å². The number of halogens is 3. The van der Waals surface area contributed by atoms with Gasteiger partial charge in [0, 0.05) is 36.2 Å². The van der Waals surface area contributed by atoms with E-state index in [1.165, 1.54) is 0 Å². The Hall–Kier alpha value is -1.46. The van der Waals surface area contributed by atoms with Crippen LogP contribution < -0.4 is 10.6 Å². The van der Waals surface area contributed by atoms with E-state index in [-0.39, 0.29) is 5.91 Å². The zero-order valence-corrected chi connectivity index (χ0v) is 19.1. The highest BCUT2D eigenvalue weighted by molar-refractivity contribution is 6.36. The van der Waals surface area contributed by atoms with Crippen LogP contribution in [0.2, 0.25) is 15.1 Å². The number of amides is 1. The van der Waals surface area contributed by atoms with Crippen LogP contribution in [0, 0.1) is 5.92 Å². The molecule has 0 bridgehead atoms. The van der Waals surface area contributed by atoms with E-state index in [0.717, 1.165) is 30.2 Å². The fraction of sp³-hybridized carbons (Fsp3) is 0.409. The molecule has 0 aromatic heterocycles. The number of hydrogen-bond donors (Lipinski definition) is 1. The molecule has 1 fully saturated rings. The summed E-state index contributed by atoms with van der Waals surface area (Å²) in [6.45, 7) is 7.00. The lowest BCUT2D eigenvalue weighted by atomic mass is 10.0. The lowest BCUT2D eigenvalue weighted by Gasteiger charge is -2.37. The van der Waals surface area contributed by atoms with E-state index >= 15 is 0 Å². The van der Waals surface area contributed by atoms with Gasteiger partial charge in [-0.3, -0.25) is 4.79 Å². The van der Waals surface area contributed by atoms with Crippen LogP contribution >= 0.6 is 34.8 Å². The van der Waals surface area contributed by atoms with Crippen molar-refractivity contribution in [3.8, 4) is 0 Å². The Morgan fingerprint density at radius 3 is 2.07 bits per heavy atom. The molecule has 0 aliphatic carbocycles. The van der Waals surface area contributed by atoms with E-state index in [4.69, 9.17) is 40.5 Å². The molecule has 1 aliphatic rings. The largest absolute Gasteiger partial charge is 0.367 e. The Morgan fingerprint density at radius 2 is 1.59 bits per heavy atom. The van der Waals surface area contributed by atoms with Crippen LogP contribution in [0.25, 0.3) is 0 Å². The zero-order chi connectivity index (χ0) is 21.4. The normalized spacial score (nSPS) is 15.0.